The van der Waals surface area contributed by atoms with Crippen molar-refractivity contribution in [2.45, 2.75) is 43.9 Å². The lowest BCUT2D eigenvalue weighted by Crippen LogP contribution is -2.64. The maximum absolute atomic E-state index is 13.3. The van der Waals surface area contributed by atoms with Gasteiger partial charge in [0, 0.05) is 24.5 Å². The van der Waals surface area contributed by atoms with E-state index in [4.69, 9.17) is 11.5 Å². The van der Waals surface area contributed by atoms with E-state index >= 15 is 0 Å². The van der Waals surface area contributed by atoms with E-state index in [1.165, 1.54) is 12.4 Å². The monoisotopic (exact) mass is 436 g/mol. The molecule has 1 aromatic heterocycles. The minimum absolute atomic E-state index is 0.0487. The van der Waals surface area contributed by atoms with Crippen molar-refractivity contribution in [2.24, 2.45) is 17.4 Å². The Morgan fingerprint density at radius 1 is 1.16 bits per heavy atom. The van der Waals surface area contributed by atoms with Gasteiger partial charge in [-0.15, -0.1) is 0 Å². The second-order valence-corrected chi connectivity index (χ2v) is 8.54. The van der Waals surface area contributed by atoms with Crippen molar-refractivity contribution >= 4 is 22.6 Å². The zero-order valence-electron chi connectivity index (χ0n) is 17.2. The highest BCUT2D eigenvalue weighted by Crippen LogP contribution is 2.36. The number of carbonyl (C=O) groups is 1. The first kappa shape index (κ1) is 21.8. The number of hydrogen-bond donors (Lipinski definition) is 2. The quantitative estimate of drug-likeness (QED) is 0.720. The van der Waals surface area contributed by atoms with Crippen LogP contribution in [0.5, 0.6) is 0 Å². The zero-order chi connectivity index (χ0) is 22.2. The van der Waals surface area contributed by atoms with E-state index in [1.807, 2.05) is 0 Å². The zero-order valence-corrected chi connectivity index (χ0v) is 17.2. The molecule has 2 aliphatic rings. The minimum Gasteiger partial charge on any atom is -0.368 e. The van der Waals surface area contributed by atoms with Crippen LogP contribution in [-0.4, -0.2) is 59.0 Å². The average molecular weight is 436 g/mol. The molecule has 2 aromatic rings. The van der Waals surface area contributed by atoms with E-state index in [0.29, 0.717) is 23.3 Å². The lowest BCUT2D eigenvalue weighted by Gasteiger charge is -2.50. The predicted octanol–water partition coefficient (Wildman–Crippen LogP) is 2.14. The van der Waals surface area contributed by atoms with E-state index in [-0.39, 0.29) is 18.0 Å². The summed E-state index contributed by atoms with van der Waals surface area (Å²) >= 11 is 0. The second kappa shape index (κ2) is 8.58. The van der Waals surface area contributed by atoms with Crippen molar-refractivity contribution in [3.63, 3.8) is 0 Å². The summed E-state index contributed by atoms with van der Waals surface area (Å²) in [6.45, 7) is 2.05. The lowest BCUT2D eigenvalue weighted by molar-refractivity contribution is -0.137. The van der Waals surface area contributed by atoms with Crippen LogP contribution in [0.2, 0.25) is 0 Å². The molecule has 10 heteroatoms. The molecule has 1 aromatic carbocycles. The Kier molecular flexibility index (Phi) is 6.02. The summed E-state index contributed by atoms with van der Waals surface area (Å²) in [5, 5.41) is 0.264. The van der Waals surface area contributed by atoms with Gasteiger partial charge in [-0.2, -0.15) is 13.2 Å². The van der Waals surface area contributed by atoms with Crippen LogP contribution in [0.1, 0.15) is 31.2 Å². The van der Waals surface area contributed by atoms with Gasteiger partial charge in [-0.05, 0) is 56.3 Å². The van der Waals surface area contributed by atoms with E-state index in [9.17, 15) is 18.0 Å². The molecule has 0 atom stereocenters. The third-order valence-electron chi connectivity index (χ3n) is 6.54. The van der Waals surface area contributed by atoms with Gasteiger partial charge in [0.2, 0.25) is 5.91 Å². The van der Waals surface area contributed by atoms with Gasteiger partial charge in [-0.1, -0.05) is 0 Å². The van der Waals surface area contributed by atoms with Gasteiger partial charge in [-0.3, -0.25) is 9.69 Å². The SMILES string of the molecule is NCC1CCC(N2CC(N(CC(N)=O)c3ncnc4ccc(C(F)(F)F)cc34)C2)CC1. The van der Waals surface area contributed by atoms with Crippen LogP contribution in [0.4, 0.5) is 19.0 Å². The number of primary amides is 1. The van der Waals surface area contributed by atoms with Crippen LogP contribution in [0.3, 0.4) is 0 Å². The molecule has 2 heterocycles. The molecule has 0 unspecified atom stereocenters. The fourth-order valence-electron chi connectivity index (χ4n) is 4.72. The fraction of sp³-hybridized carbons (Fsp3) is 0.571. The molecule has 4 rings (SSSR count). The molecule has 31 heavy (non-hydrogen) atoms. The Morgan fingerprint density at radius 2 is 1.87 bits per heavy atom. The van der Waals surface area contributed by atoms with Crippen LogP contribution in [0, 0.1) is 5.92 Å². The van der Waals surface area contributed by atoms with Crippen molar-refractivity contribution in [2.75, 3.05) is 31.1 Å². The minimum atomic E-state index is -4.48. The van der Waals surface area contributed by atoms with Gasteiger partial charge in [0.05, 0.1) is 23.7 Å². The Hall–Kier alpha value is -2.46. The molecule has 2 fully saturated rings. The fourth-order valence-corrected chi connectivity index (χ4v) is 4.72. The standard InChI is InChI=1S/C21H27F3N6O/c22-21(23,24)14-3-6-18-17(7-14)20(28-12-27-18)30(11-19(26)31)16-9-29(10-16)15-4-1-13(8-25)2-5-15/h3,6-7,12-13,15-16H,1-2,4-5,8-11,25H2,(H2,26,31). The molecule has 1 saturated carbocycles. The number of anilines is 1. The molecular formula is C21H27F3N6O. The Bertz CT molecular complexity index is 938. The van der Waals surface area contributed by atoms with E-state index in [2.05, 4.69) is 14.9 Å². The summed E-state index contributed by atoms with van der Waals surface area (Å²) in [5.74, 6) is 0.349. The molecule has 0 radical (unpaired) electrons. The summed E-state index contributed by atoms with van der Waals surface area (Å²) in [5.41, 5.74) is 10.9. The highest BCUT2D eigenvalue weighted by Gasteiger charge is 2.39. The number of fused-ring (bicyclic) bond motifs is 1. The molecule has 1 aliphatic heterocycles. The molecule has 1 saturated heterocycles. The first-order valence-corrected chi connectivity index (χ1v) is 10.6. The molecule has 0 bridgehead atoms. The molecule has 1 aliphatic carbocycles. The molecule has 4 N–H and O–H groups in total. The number of nitrogens with zero attached hydrogens (tertiary/aromatic N) is 4. The molecular weight excluding hydrogens is 409 g/mol. The van der Waals surface area contributed by atoms with Crippen molar-refractivity contribution in [1.82, 2.24) is 14.9 Å². The normalized spacial score (nSPS) is 23.0. The number of rotatable bonds is 6. The van der Waals surface area contributed by atoms with Gasteiger partial charge < -0.3 is 16.4 Å². The number of aromatic nitrogens is 2. The molecule has 1 amide bonds. The smallest absolute Gasteiger partial charge is 0.368 e. The van der Waals surface area contributed by atoms with Gasteiger partial charge in [-0.25, -0.2) is 9.97 Å². The van der Waals surface area contributed by atoms with Crippen LogP contribution >= 0.6 is 0 Å². The van der Waals surface area contributed by atoms with Crippen LogP contribution in [0.25, 0.3) is 10.9 Å². The number of hydrogen-bond acceptors (Lipinski definition) is 6. The maximum Gasteiger partial charge on any atom is 0.416 e. The third kappa shape index (κ3) is 4.59. The van der Waals surface area contributed by atoms with Crippen LogP contribution < -0.4 is 16.4 Å². The first-order valence-electron chi connectivity index (χ1n) is 10.6. The second-order valence-electron chi connectivity index (χ2n) is 8.54. The van der Waals surface area contributed by atoms with Crippen LogP contribution in [-0.2, 0) is 11.0 Å². The summed E-state index contributed by atoms with van der Waals surface area (Å²) < 4.78 is 39.8. The summed E-state index contributed by atoms with van der Waals surface area (Å²) in [6, 6.07) is 3.80. The summed E-state index contributed by atoms with van der Waals surface area (Å²) in [7, 11) is 0. The number of halogens is 3. The Balaban J connectivity index is 1.56. The molecule has 0 spiro atoms. The van der Waals surface area contributed by atoms with Crippen molar-refractivity contribution in [1.29, 1.82) is 0 Å². The number of alkyl halides is 3. The van der Waals surface area contributed by atoms with E-state index in [0.717, 1.165) is 57.5 Å². The van der Waals surface area contributed by atoms with Crippen molar-refractivity contribution in [3.05, 3.63) is 30.1 Å². The van der Waals surface area contributed by atoms with Crippen molar-refractivity contribution < 1.29 is 18.0 Å². The molecule has 168 valence electrons. The van der Waals surface area contributed by atoms with E-state index < -0.39 is 17.6 Å². The van der Waals surface area contributed by atoms with Gasteiger partial charge >= 0.3 is 6.18 Å². The Labute approximate surface area is 178 Å². The first-order chi connectivity index (χ1) is 14.8. The average Bonchev–Trinajstić information content (AvgIpc) is 2.70. The van der Waals surface area contributed by atoms with E-state index in [1.54, 1.807) is 4.90 Å². The highest BCUT2D eigenvalue weighted by molar-refractivity contribution is 5.92. The number of likely N-dealkylation sites (tertiary alicyclic amines) is 1. The van der Waals surface area contributed by atoms with Gasteiger partial charge in [0.25, 0.3) is 0 Å². The summed E-state index contributed by atoms with van der Waals surface area (Å²) in [4.78, 5) is 24.2. The number of carbonyl (C=O) groups excluding carboxylic acids is 1. The summed E-state index contributed by atoms with van der Waals surface area (Å²) in [6.07, 6.45) is 1.24. The molecule has 7 nitrogen and oxygen atoms in total. The maximum atomic E-state index is 13.3. The van der Waals surface area contributed by atoms with Gasteiger partial charge in [0.1, 0.15) is 12.1 Å². The van der Waals surface area contributed by atoms with Crippen LogP contribution in [0.15, 0.2) is 24.5 Å². The largest absolute Gasteiger partial charge is 0.416 e. The van der Waals surface area contributed by atoms with Gasteiger partial charge in [0.15, 0.2) is 0 Å². The highest BCUT2D eigenvalue weighted by atomic mass is 19.4. The topological polar surface area (TPSA) is 101 Å². The number of amides is 1. The number of benzene rings is 1. The van der Waals surface area contributed by atoms with Crippen molar-refractivity contribution in [3.8, 4) is 0 Å². The lowest BCUT2D eigenvalue weighted by atomic mass is 9.84. The third-order valence-corrected chi connectivity index (χ3v) is 6.54. The number of nitrogens with two attached hydrogens (primary N) is 2. The predicted molar refractivity (Wildman–Crippen MR) is 111 cm³/mol. The Morgan fingerprint density at radius 3 is 2.48 bits per heavy atom.